The summed E-state index contributed by atoms with van der Waals surface area (Å²) in [6.07, 6.45) is 5.09. The van der Waals surface area contributed by atoms with E-state index in [1.54, 1.807) is 18.2 Å². The van der Waals surface area contributed by atoms with Gasteiger partial charge in [0.1, 0.15) is 0 Å². The zero-order valence-electron chi connectivity index (χ0n) is 10.3. The number of rotatable bonds is 1. The van der Waals surface area contributed by atoms with Crippen LogP contribution in [-0.2, 0) is 0 Å². The molecule has 0 aliphatic heterocycles. The van der Waals surface area contributed by atoms with Gasteiger partial charge in [-0.15, -0.1) is 0 Å². The molecule has 2 atom stereocenters. The first-order valence-corrected chi connectivity index (χ1v) is 7.13. The van der Waals surface area contributed by atoms with Gasteiger partial charge in [0.05, 0.1) is 10.7 Å². The predicted octanol–water partition coefficient (Wildman–Crippen LogP) is 4.34. The van der Waals surface area contributed by atoms with E-state index in [2.05, 4.69) is 12.2 Å². The third-order valence-electron chi connectivity index (χ3n) is 4.17. The van der Waals surface area contributed by atoms with Crippen molar-refractivity contribution in [3.8, 4) is 17.4 Å². The Morgan fingerprint density at radius 3 is 2.20 bits per heavy atom. The molecule has 1 heterocycles. The van der Waals surface area contributed by atoms with E-state index in [4.69, 9.17) is 23.2 Å². The summed E-state index contributed by atoms with van der Waals surface area (Å²) in [4.78, 5) is 0. The Hall–Kier alpha value is -1.58. The second-order valence-corrected chi connectivity index (χ2v) is 6.08. The molecule has 0 amide bonds. The van der Waals surface area contributed by atoms with Gasteiger partial charge in [0.2, 0.25) is 11.8 Å². The average molecular weight is 308 g/mol. The van der Waals surface area contributed by atoms with E-state index in [0.717, 1.165) is 17.5 Å². The SMILES string of the molecule is Oc1c2c(c(O)n1-c1cc(Cl)ccc1Cl)C1C=CC2C1. The van der Waals surface area contributed by atoms with E-state index in [-0.39, 0.29) is 23.6 Å². The minimum atomic E-state index is 0.0542. The number of aromatic nitrogens is 1. The Balaban J connectivity index is 2.00. The Morgan fingerprint density at radius 2 is 1.60 bits per heavy atom. The van der Waals surface area contributed by atoms with Gasteiger partial charge in [-0.2, -0.15) is 0 Å². The zero-order valence-corrected chi connectivity index (χ0v) is 11.9. The highest BCUT2D eigenvalue weighted by molar-refractivity contribution is 6.34. The first kappa shape index (κ1) is 12.2. The zero-order chi connectivity index (χ0) is 14.0. The van der Waals surface area contributed by atoms with Crippen LogP contribution in [-0.4, -0.2) is 14.8 Å². The lowest BCUT2D eigenvalue weighted by atomic mass is 10.0. The van der Waals surface area contributed by atoms with Crippen LogP contribution in [0.5, 0.6) is 11.8 Å². The van der Waals surface area contributed by atoms with E-state index in [1.807, 2.05) is 0 Å². The second kappa shape index (κ2) is 3.96. The normalized spacial score (nSPS) is 22.5. The molecule has 2 bridgehead atoms. The third kappa shape index (κ3) is 1.42. The topological polar surface area (TPSA) is 45.4 Å². The minimum absolute atomic E-state index is 0.0542. The second-order valence-electron chi connectivity index (χ2n) is 5.24. The average Bonchev–Trinajstić information content (AvgIpc) is 3.08. The number of benzene rings is 1. The lowest BCUT2D eigenvalue weighted by Crippen LogP contribution is -1.96. The maximum absolute atomic E-state index is 10.5. The van der Waals surface area contributed by atoms with Gasteiger partial charge in [-0.3, -0.25) is 0 Å². The number of allylic oxidation sites excluding steroid dienone is 2. The van der Waals surface area contributed by atoms with Gasteiger partial charge in [-0.1, -0.05) is 35.4 Å². The highest BCUT2D eigenvalue weighted by atomic mass is 35.5. The van der Waals surface area contributed by atoms with E-state index >= 15 is 0 Å². The molecule has 2 aliphatic rings. The smallest absolute Gasteiger partial charge is 0.202 e. The molecule has 2 N–H and O–H groups in total. The summed E-state index contributed by atoms with van der Waals surface area (Å²) in [7, 11) is 0. The molecule has 0 saturated carbocycles. The predicted molar refractivity (Wildman–Crippen MR) is 78.4 cm³/mol. The van der Waals surface area contributed by atoms with Crippen molar-refractivity contribution in [3.63, 3.8) is 0 Å². The molecule has 102 valence electrons. The first-order chi connectivity index (χ1) is 9.58. The summed E-state index contributed by atoms with van der Waals surface area (Å²) in [6, 6.07) is 4.95. The van der Waals surface area contributed by atoms with Gasteiger partial charge in [0.15, 0.2) is 0 Å². The fourth-order valence-corrected chi connectivity index (χ4v) is 3.69. The molecule has 4 rings (SSSR count). The highest BCUT2D eigenvalue weighted by Crippen LogP contribution is 2.57. The van der Waals surface area contributed by atoms with Crippen LogP contribution >= 0.6 is 23.2 Å². The van der Waals surface area contributed by atoms with Gasteiger partial charge in [-0.05, 0) is 24.6 Å². The number of hydrogen-bond acceptors (Lipinski definition) is 2. The van der Waals surface area contributed by atoms with Gasteiger partial charge in [0.25, 0.3) is 0 Å². The van der Waals surface area contributed by atoms with Crippen molar-refractivity contribution in [2.75, 3.05) is 0 Å². The molecular weight excluding hydrogens is 297 g/mol. The summed E-state index contributed by atoms with van der Waals surface area (Å²) < 4.78 is 1.38. The van der Waals surface area contributed by atoms with Crippen molar-refractivity contribution in [3.05, 3.63) is 51.5 Å². The van der Waals surface area contributed by atoms with Gasteiger partial charge < -0.3 is 10.2 Å². The van der Waals surface area contributed by atoms with E-state index in [1.165, 1.54) is 4.57 Å². The van der Waals surface area contributed by atoms with Crippen molar-refractivity contribution in [2.45, 2.75) is 18.3 Å². The minimum Gasteiger partial charge on any atom is -0.494 e. The first-order valence-electron chi connectivity index (χ1n) is 6.38. The van der Waals surface area contributed by atoms with Gasteiger partial charge in [0, 0.05) is 28.0 Å². The molecule has 0 fully saturated rings. The van der Waals surface area contributed by atoms with Crippen molar-refractivity contribution in [1.29, 1.82) is 0 Å². The Kier molecular flexibility index (Phi) is 2.41. The molecule has 2 unspecified atom stereocenters. The van der Waals surface area contributed by atoms with Crippen molar-refractivity contribution >= 4 is 23.2 Å². The van der Waals surface area contributed by atoms with Crippen LogP contribution in [0.3, 0.4) is 0 Å². The molecule has 1 aromatic carbocycles. The van der Waals surface area contributed by atoms with Crippen LogP contribution in [0, 0.1) is 0 Å². The lowest BCUT2D eigenvalue weighted by molar-refractivity contribution is 0.395. The standard InChI is InChI=1S/C15H11Cl2NO2/c16-9-3-4-10(17)11(6-9)18-14(19)12-7-1-2-8(5-7)13(12)15(18)20/h1-4,6-8,19-20H,5H2. The quantitative estimate of drug-likeness (QED) is 0.770. The maximum Gasteiger partial charge on any atom is 0.202 e. The largest absolute Gasteiger partial charge is 0.494 e. The summed E-state index contributed by atoms with van der Waals surface area (Å²) in [5.41, 5.74) is 2.11. The summed E-state index contributed by atoms with van der Waals surface area (Å²) >= 11 is 12.2. The summed E-state index contributed by atoms with van der Waals surface area (Å²) in [5.74, 6) is 0.470. The van der Waals surface area contributed by atoms with Gasteiger partial charge in [-0.25, -0.2) is 4.57 Å². The third-order valence-corrected chi connectivity index (χ3v) is 4.72. The van der Waals surface area contributed by atoms with Crippen LogP contribution in [0.1, 0.15) is 29.4 Å². The molecule has 0 spiro atoms. The molecule has 20 heavy (non-hydrogen) atoms. The lowest BCUT2D eigenvalue weighted by Gasteiger charge is -2.11. The van der Waals surface area contributed by atoms with Crippen molar-refractivity contribution in [2.24, 2.45) is 0 Å². The van der Waals surface area contributed by atoms with Crippen molar-refractivity contribution in [1.82, 2.24) is 4.57 Å². The molecule has 2 aromatic rings. The molecule has 5 heteroatoms. The fraction of sp³-hybridized carbons (Fsp3) is 0.200. The molecule has 3 nitrogen and oxygen atoms in total. The Morgan fingerprint density at radius 1 is 1.00 bits per heavy atom. The Bertz CT molecular complexity index is 728. The summed E-state index contributed by atoms with van der Waals surface area (Å²) in [5, 5.41) is 21.9. The maximum atomic E-state index is 10.5. The van der Waals surface area contributed by atoms with E-state index < -0.39 is 0 Å². The highest BCUT2D eigenvalue weighted by Gasteiger charge is 2.41. The fourth-order valence-electron chi connectivity index (χ4n) is 3.33. The monoisotopic (exact) mass is 307 g/mol. The molecule has 0 saturated heterocycles. The van der Waals surface area contributed by atoms with Crippen LogP contribution in [0.4, 0.5) is 0 Å². The molecule has 1 aromatic heterocycles. The van der Waals surface area contributed by atoms with Crippen LogP contribution in [0.25, 0.3) is 5.69 Å². The van der Waals surface area contributed by atoms with E-state index in [9.17, 15) is 10.2 Å². The van der Waals surface area contributed by atoms with Crippen LogP contribution in [0.15, 0.2) is 30.4 Å². The van der Waals surface area contributed by atoms with Crippen LogP contribution < -0.4 is 0 Å². The molecule has 2 aliphatic carbocycles. The summed E-state index contributed by atoms with van der Waals surface area (Å²) in [6.45, 7) is 0. The van der Waals surface area contributed by atoms with Crippen molar-refractivity contribution < 1.29 is 10.2 Å². The van der Waals surface area contributed by atoms with E-state index in [0.29, 0.717) is 15.7 Å². The number of aromatic hydroxyl groups is 2. The molecular formula is C15H11Cl2NO2. The van der Waals surface area contributed by atoms with Gasteiger partial charge >= 0.3 is 0 Å². The Labute approximate surface area is 125 Å². The number of hydrogen-bond donors (Lipinski definition) is 2. The number of nitrogens with zero attached hydrogens (tertiary/aromatic N) is 1. The van der Waals surface area contributed by atoms with Crippen LogP contribution in [0.2, 0.25) is 10.0 Å². The molecule has 0 radical (unpaired) electrons. The number of fused-ring (bicyclic) bond motifs is 5. The number of halogens is 2.